The molecular weight excluding hydrogens is 315 g/mol. The lowest BCUT2D eigenvalue weighted by molar-refractivity contribution is 0.123. The first-order valence-corrected chi connectivity index (χ1v) is 7.92. The summed E-state index contributed by atoms with van der Waals surface area (Å²) in [7, 11) is 1.13. The van der Waals surface area contributed by atoms with Crippen LogP contribution in [0.5, 0.6) is 0 Å². The Bertz CT molecular complexity index is 471. The van der Waals surface area contributed by atoms with Crippen molar-refractivity contribution >= 4 is 8.80 Å². The summed E-state index contributed by atoms with van der Waals surface area (Å²) in [4.78, 5) is 0. The van der Waals surface area contributed by atoms with Gasteiger partial charge >= 0.3 is 8.80 Å². The van der Waals surface area contributed by atoms with Crippen LogP contribution in [0.4, 0.5) is 22.0 Å². The van der Waals surface area contributed by atoms with Gasteiger partial charge in [-0.2, -0.15) is 0 Å². The predicted octanol–water partition coefficient (Wildman–Crippen LogP) is 3.19. The Morgan fingerprint density at radius 1 is 0.714 bits per heavy atom. The van der Waals surface area contributed by atoms with Crippen LogP contribution in [0.2, 0.25) is 6.04 Å². The summed E-state index contributed by atoms with van der Waals surface area (Å²) >= 11 is 0. The fourth-order valence-corrected chi connectivity index (χ4v) is 3.63. The maximum atomic E-state index is 13.5. The summed E-state index contributed by atoms with van der Waals surface area (Å²) in [5.74, 6) is -9.68. The van der Waals surface area contributed by atoms with Crippen molar-refractivity contribution in [2.24, 2.45) is 0 Å². The zero-order chi connectivity index (χ0) is 16.2. The van der Waals surface area contributed by atoms with Crippen LogP contribution < -0.4 is 0 Å². The maximum absolute atomic E-state index is 13.5. The van der Waals surface area contributed by atoms with Gasteiger partial charge in [-0.25, -0.2) is 22.0 Å². The van der Waals surface area contributed by atoms with E-state index >= 15 is 0 Å². The van der Waals surface area contributed by atoms with Crippen molar-refractivity contribution in [3.63, 3.8) is 0 Å². The largest absolute Gasteiger partial charge is 0.500 e. The lowest BCUT2D eigenvalue weighted by atomic mass is 10.1. The van der Waals surface area contributed by atoms with Gasteiger partial charge in [0.15, 0.2) is 23.3 Å². The summed E-state index contributed by atoms with van der Waals surface area (Å²) in [5, 5.41) is 0. The minimum atomic E-state index is -2.95. The molecule has 0 spiro atoms. The van der Waals surface area contributed by atoms with Crippen molar-refractivity contribution in [2.45, 2.75) is 18.9 Å². The standard InChI is InChI=1S/C12H15F5O3Si/c1-18-21(19-2,20-3)6-4-5-7-8(13)10(15)12(17)11(16)9(7)14/h4-6H2,1-3H3. The van der Waals surface area contributed by atoms with Crippen molar-refractivity contribution in [1.29, 1.82) is 0 Å². The Balaban J connectivity index is 2.91. The highest BCUT2D eigenvalue weighted by atomic mass is 28.4. The van der Waals surface area contributed by atoms with E-state index in [1.165, 1.54) is 21.3 Å². The first kappa shape index (κ1) is 18.0. The molecule has 0 bridgehead atoms. The van der Waals surface area contributed by atoms with Crippen LogP contribution in [0.15, 0.2) is 0 Å². The number of hydrogen-bond acceptors (Lipinski definition) is 3. The fraction of sp³-hybridized carbons (Fsp3) is 0.500. The molecule has 0 aliphatic carbocycles. The highest BCUT2D eigenvalue weighted by molar-refractivity contribution is 6.60. The molecule has 9 heteroatoms. The summed E-state index contributed by atoms with van der Waals surface area (Å²) in [6, 6.07) is 0.177. The molecule has 3 nitrogen and oxygen atoms in total. The van der Waals surface area contributed by atoms with Crippen LogP contribution in [-0.4, -0.2) is 30.1 Å². The molecule has 0 fully saturated rings. The van der Waals surface area contributed by atoms with Gasteiger partial charge in [-0.3, -0.25) is 0 Å². The van der Waals surface area contributed by atoms with Gasteiger partial charge in [-0.05, 0) is 12.8 Å². The van der Waals surface area contributed by atoms with E-state index in [9.17, 15) is 22.0 Å². The quantitative estimate of drug-likeness (QED) is 0.333. The number of rotatable bonds is 7. The van der Waals surface area contributed by atoms with Crippen molar-refractivity contribution < 1.29 is 35.2 Å². The van der Waals surface area contributed by atoms with Crippen molar-refractivity contribution in [2.75, 3.05) is 21.3 Å². The molecule has 0 saturated heterocycles. The van der Waals surface area contributed by atoms with Crippen LogP contribution in [0.25, 0.3) is 0 Å². The first-order chi connectivity index (χ1) is 9.83. The summed E-state index contributed by atoms with van der Waals surface area (Å²) in [6.45, 7) is 0. The van der Waals surface area contributed by atoms with Gasteiger partial charge in [-0.15, -0.1) is 0 Å². The Hall–Kier alpha value is -1.03. The van der Waals surface area contributed by atoms with E-state index in [4.69, 9.17) is 13.3 Å². The summed E-state index contributed by atoms with van der Waals surface area (Å²) in [5.41, 5.74) is -0.849. The molecule has 21 heavy (non-hydrogen) atoms. The van der Waals surface area contributed by atoms with Gasteiger partial charge in [0.05, 0.1) is 0 Å². The van der Waals surface area contributed by atoms with E-state index in [0.717, 1.165) is 0 Å². The smallest absolute Gasteiger partial charge is 0.377 e. The molecule has 1 aromatic carbocycles. The summed E-state index contributed by atoms with van der Waals surface area (Å²) in [6.07, 6.45) is -0.267. The monoisotopic (exact) mass is 330 g/mol. The van der Waals surface area contributed by atoms with Crippen molar-refractivity contribution in [1.82, 2.24) is 0 Å². The lowest BCUT2D eigenvalue weighted by Gasteiger charge is -2.24. The highest BCUT2D eigenvalue weighted by Gasteiger charge is 2.37. The Morgan fingerprint density at radius 3 is 1.48 bits per heavy atom. The average Bonchev–Trinajstić information content (AvgIpc) is 2.51. The Morgan fingerprint density at radius 2 is 1.10 bits per heavy atom. The molecule has 0 heterocycles. The predicted molar refractivity (Wildman–Crippen MR) is 66.1 cm³/mol. The summed E-state index contributed by atoms with van der Waals surface area (Å²) < 4.78 is 81.2. The lowest BCUT2D eigenvalue weighted by Crippen LogP contribution is -2.42. The van der Waals surface area contributed by atoms with E-state index in [-0.39, 0.29) is 18.9 Å². The van der Waals surface area contributed by atoms with Gasteiger partial charge in [0, 0.05) is 32.9 Å². The second kappa shape index (κ2) is 7.30. The molecular formula is C12H15F5O3Si. The van der Waals surface area contributed by atoms with Crippen LogP contribution >= 0.6 is 0 Å². The van der Waals surface area contributed by atoms with E-state index in [2.05, 4.69) is 0 Å². The Kier molecular flexibility index (Phi) is 6.26. The van der Waals surface area contributed by atoms with E-state index in [1.54, 1.807) is 0 Å². The minimum absolute atomic E-state index is 0.0834. The van der Waals surface area contributed by atoms with Crippen LogP contribution in [0, 0.1) is 29.1 Å². The molecule has 0 atom stereocenters. The average molecular weight is 330 g/mol. The van der Waals surface area contributed by atoms with E-state index in [0.29, 0.717) is 0 Å². The minimum Gasteiger partial charge on any atom is -0.377 e. The zero-order valence-corrected chi connectivity index (χ0v) is 12.7. The SMILES string of the molecule is CO[Si](CCCc1c(F)c(F)c(F)c(F)c1F)(OC)OC. The van der Waals surface area contributed by atoms with E-state index in [1.807, 2.05) is 0 Å². The molecule has 0 aromatic heterocycles. The molecule has 1 rings (SSSR count). The van der Waals surface area contributed by atoms with Crippen LogP contribution in [0.3, 0.4) is 0 Å². The van der Waals surface area contributed by atoms with E-state index < -0.39 is 43.5 Å². The van der Waals surface area contributed by atoms with Crippen molar-refractivity contribution in [3.8, 4) is 0 Å². The number of halogens is 5. The molecule has 1 aromatic rings. The van der Waals surface area contributed by atoms with Gasteiger partial charge in [0.2, 0.25) is 5.82 Å². The molecule has 0 N–H and O–H groups in total. The van der Waals surface area contributed by atoms with Gasteiger partial charge in [0.25, 0.3) is 0 Å². The molecule has 0 radical (unpaired) electrons. The van der Waals surface area contributed by atoms with Gasteiger partial charge in [-0.1, -0.05) is 0 Å². The molecule has 0 amide bonds. The molecule has 0 saturated carbocycles. The molecule has 0 aliphatic rings. The topological polar surface area (TPSA) is 27.7 Å². The zero-order valence-electron chi connectivity index (χ0n) is 11.7. The molecule has 120 valence electrons. The normalized spacial score (nSPS) is 12.0. The number of benzene rings is 1. The Labute approximate surface area is 120 Å². The third-order valence-electron chi connectivity index (χ3n) is 3.14. The van der Waals surface area contributed by atoms with Crippen LogP contribution in [0.1, 0.15) is 12.0 Å². The second-order valence-electron chi connectivity index (χ2n) is 4.20. The van der Waals surface area contributed by atoms with Crippen molar-refractivity contribution in [3.05, 3.63) is 34.6 Å². The first-order valence-electron chi connectivity index (χ1n) is 5.99. The third kappa shape index (κ3) is 3.60. The van der Waals surface area contributed by atoms with Gasteiger partial charge < -0.3 is 13.3 Å². The highest BCUT2D eigenvalue weighted by Crippen LogP contribution is 2.25. The molecule has 0 unspecified atom stereocenters. The van der Waals surface area contributed by atoms with Crippen LogP contribution in [-0.2, 0) is 19.7 Å². The third-order valence-corrected chi connectivity index (χ3v) is 5.98. The number of hydrogen-bond donors (Lipinski definition) is 0. The maximum Gasteiger partial charge on any atom is 0.500 e. The molecule has 0 aliphatic heterocycles. The second-order valence-corrected chi connectivity index (χ2v) is 7.29. The fourth-order valence-electron chi connectivity index (χ4n) is 1.91. The van der Waals surface area contributed by atoms with Gasteiger partial charge in [0.1, 0.15) is 0 Å².